The predicted octanol–water partition coefficient (Wildman–Crippen LogP) is 4.93. The maximum atomic E-state index is 12.4. The van der Waals surface area contributed by atoms with Gasteiger partial charge in [0.15, 0.2) is 0 Å². The first-order valence-corrected chi connectivity index (χ1v) is 12.7. The van der Waals surface area contributed by atoms with Crippen molar-refractivity contribution in [2.75, 3.05) is 0 Å². The van der Waals surface area contributed by atoms with E-state index in [1.54, 1.807) is 0 Å². The third kappa shape index (κ3) is 6.18. The van der Waals surface area contributed by atoms with Gasteiger partial charge in [-0.05, 0) is 18.0 Å². The Bertz CT molecular complexity index is 655. The van der Waals surface area contributed by atoms with Crippen molar-refractivity contribution in [1.29, 1.82) is 0 Å². The van der Waals surface area contributed by atoms with E-state index in [0.717, 1.165) is 25.7 Å². The number of alkyl halides is 3. The minimum atomic E-state index is -5.60. The maximum Gasteiger partial charge on any atom is 0.534 e. The van der Waals surface area contributed by atoms with Crippen LogP contribution in [-0.4, -0.2) is 22.0 Å². The molecule has 0 aromatic heterocycles. The lowest BCUT2D eigenvalue weighted by atomic mass is 10.1. The van der Waals surface area contributed by atoms with Crippen molar-refractivity contribution in [2.45, 2.75) is 56.8 Å². The van der Waals surface area contributed by atoms with Crippen molar-refractivity contribution in [3.8, 4) is 0 Å². The van der Waals surface area contributed by atoms with Crippen LogP contribution in [0.2, 0.25) is 18.6 Å². The molecule has 0 spiro atoms. The first-order valence-electron chi connectivity index (χ1n) is 8.24. The van der Waals surface area contributed by atoms with Gasteiger partial charge >= 0.3 is 15.6 Å². The molecule has 1 aromatic rings. The minimum Gasteiger partial charge on any atom is -0.384 e. The zero-order valence-corrected chi connectivity index (χ0v) is 16.5. The van der Waals surface area contributed by atoms with E-state index in [0.29, 0.717) is 6.26 Å². The van der Waals surface area contributed by atoms with Crippen molar-refractivity contribution < 1.29 is 25.8 Å². The number of halogens is 3. The molecule has 0 amide bonds. The van der Waals surface area contributed by atoms with Gasteiger partial charge in [0.1, 0.15) is 6.26 Å². The van der Waals surface area contributed by atoms with Crippen LogP contribution in [0.15, 0.2) is 42.7 Å². The number of benzene rings is 1. The average Bonchev–Trinajstić information content (AvgIpc) is 2.53. The maximum absolute atomic E-state index is 12.4. The van der Waals surface area contributed by atoms with Crippen molar-refractivity contribution in [2.24, 2.45) is 0 Å². The molecule has 0 N–H and O–H groups in total. The van der Waals surface area contributed by atoms with Crippen LogP contribution in [0, 0.1) is 0 Å². The molecule has 0 aliphatic rings. The Kier molecular flexibility index (Phi) is 7.74. The van der Waals surface area contributed by atoms with E-state index in [1.807, 2.05) is 30.3 Å². The normalized spacial score (nSPS) is 14.6. The second kappa shape index (κ2) is 8.89. The van der Waals surface area contributed by atoms with E-state index in [-0.39, 0.29) is 5.54 Å². The van der Waals surface area contributed by atoms with Crippen LogP contribution in [0.5, 0.6) is 0 Å². The zero-order valence-electron chi connectivity index (χ0n) is 14.7. The van der Waals surface area contributed by atoms with Gasteiger partial charge in [0.2, 0.25) is 0 Å². The highest BCUT2D eigenvalue weighted by atomic mass is 32.2. The molecular formula is C17H25F3O3SSi. The monoisotopic (exact) mass is 394 g/mol. The Morgan fingerprint density at radius 1 is 1.16 bits per heavy atom. The van der Waals surface area contributed by atoms with Crippen LogP contribution in [0.25, 0.3) is 0 Å². The summed E-state index contributed by atoms with van der Waals surface area (Å²) in [7, 11) is -7.64. The zero-order chi connectivity index (χ0) is 19.1. The summed E-state index contributed by atoms with van der Waals surface area (Å²) in [5, 5.41) is 1.17. The molecule has 0 fully saturated rings. The van der Waals surface area contributed by atoms with Gasteiger partial charge in [-0.25, -0.2) is 0 Å². The molecule has 0 saturated carbocycles. The second-order valence-electron chi connectivity index (χ2n) is 6.51. The van der Waals surface area contributed by atoms with Crippen LogP contribution in [0.1, 0.15) is 32.6 Å². The molecule has 0 aliphatic heterocycles. The molecule has 1 unspecified atom stereocenters. The van der Waals surface area contributed by atoms with Gasteiger partial charge in [0.25, 0.3) is 0 Å². The summed E-state index contributed by atoms with van der Waals surface area (Å²) >= 11 is 0. The smallest absolute Gasteiger partial charge is 0.384 e. The SMILES string of the molecule is CCCCCC(/C=C/OS(=O)(=O)C(F)(F)F)[Si](C)(C)c1ccccc1. The van der Waals surface area contributed by atoms with Crippen molar-refractivity contribution in [1.82, 2.24) is 0 Å². The molecule has 1 atom stereocenters. The standard InChI is InChI=1S/C17H25F3O3SSi/c1-4-5-7-10-16(13-14-23-24(21,22)17(18,19)20)25(2,3)15-11-8-6-9-12-15/h6,8-9,11-14,16H,4-5,7,10H2,1-3H3/b14-13+. The molecule has 0 bridgehead atoms. The molecule has 25 heavy (non-hydrogen) atoms. The molecule has 142 valence electrons. The Hall–Kier alpha value is -1.28. The van der Waals surface area contributed by atoms with Crippen LogP contribution < -0.4 is 5.19 Å². The minimum absolute atomic E-state index is 0.0233. The molecule has 0 radical (unpaired) electrons. The van der Waals surface area contributed by atoms with Crippen LogP contribution in [0.4, 0.5) is 13.2 Å². The van der Waals surface area contributed by atoms with Gasteiger partial charge in [-0.3, -0.25) is 0 Å². The van der Waals surface area contributed by atoms with Crippen LogP contribution in [-0.2, 0) is 14.3 Å². The van der Waals surface area contributed by atoms with Gasteiger partial charge in [-0.1, -0.05) is 74.8 Å². The van der Waals surface area contributed by atoms with Gasteiger partial charge in [-0.15, -0.1) is 0 Å². The van der Waals surface area contributed by atoms with Crippen LogP contribution >= 0.6 is 0 Å². The van der Waals surface area contributed by atoms with Crippen molar-refractivity contribution in [3.05, 3.63) is 42.7 Å². The summed E-state index contributed by atoms with van der Waals surface area (Å²) < 4.78 is 63.2. The lowest BCUT2D eigenvalue weighted by Crippen LogP contribution is -2.45. The highest BCUT2D eigenvalue weighted by molar-refractivity contribution is 7.87. The predicted molar refractivity (Wildman–Crippen MR) is 96.6 cm³/mol. The van der Waals surface area contributed by atoms with Gasteiger partial charge in [0, 0.05) is 0 Å². The summed E-state index contributed by atoms with van der Waals surface area (Å²) in [6.07, 6.45) is 5.94. The highest BCUT2D eigenvalue weighted by Crippen LogP contribution is 2.30. The molecule has 1 aromatic carbocycles. The largest absolute Gasteiger partial charge is 0.534 e. The fourth-order valence-electron chi connectivity index (χ4n) is 2.65. The van der Waals surface area contributed by atoms with E-state index >= 15 is 0 Å². The number of hydrogen-bond donors (Lipinski definition) is 0. The van der Waals surface area contributed by atoms with E-state index in [4.69, 9.17) is 0 Å². The second-order valence-corrected chi connectivity index (χ2v) is 12.8. The number of unbranched alkanes of at least 4 members (excludes halogenated alkanes) is 2. The summed E-state index contributed by atoms with van der Waals surface area (Å²) in [6, 6.07) is 9.80. The van der Waals surface area contributed by atoms with Crippen LogP contribution in [0.3, 0.4) is 0 Å². The quantitative estimate of drug-likeness (QED) is 0.196. The third-order valence-electron chi connectivity index (χ3n) is 4.34. The van der Waals surface area contributed by atoms with Gasteiger partial charge in [0.05, 0.1) is 8.07 Å². The van der Waals surface area contributed by atoms with E-state index < -0.39 is 23.7 Å². The molecule has 1 rings (SSSR count). The average molecular weight is 395 g/mol. The Labute approximate surface area is 149 Å². The third-order valence-corrected chi connectivity index (χ3v) is 9.43. The molecule has 0 heterocycles. The summed E-state index contributed by atoms with van der Waals surface area (Å²) in [5.74, 6) is 0. The number of rotatable bonds is 9. The fraction of sp³-hybridized carbons (Fsp3) is 0.529. The Morgan fingerprint density at radius 3 is 2.28 bits per heavy atom. The van der Waals surface area contributed by atoms with Gasteiger partial charge in [-0.2, -0.15) is 21.6 Å². The Balaban J connectivity index is 2.99. The molecule has 0 saturated heterocycles. The molecule has 0 aliphatic carbocycles. The van der Waals surface area contributed by atoms with E-state index in [1.165, 1.54) is 11.3 Å². The Morgan fingerprint density at radius 2 is 1.76 bits per heavy atom. The van der Waals surface area contributed by atoms with Crippen molar-refractivity contribution in [3.63, 3.8) is 0 Å². The molecule has 3 nitrogen and oxygen atoms in total. The lowest BCUT2D eigenvalue weighted by Gasteiger charge is -2.31. The molecule has 8 heteroatoms. The van der Waals surface area contributed by atoms with Gasteiger partial charge < -0.3 is 4.18 Å². The highest BCUT2D eigenvalue weighted by Gasteiger charge is 2.48. The first-order chi connectivity index (χ1) is 11.5. The number of allylic oxidation sites excluding steroid dienone is 1. The summed E-state index contributed by atoms with van der Waals surface area (Å²) in [6.45, 7) is 6.33. The summed E-state index contributed by atoms with van der Waals surface area (Å²) in [4.78, 5) is 0. The first kappa shape index (κ1) is 21.8. The fourth-order valence-corrected chi connectivity index (χ4v) is 5.93. The topological polar surface area (TPSA) is 43.4 Å². The van der Waals surface area contributed by atoms with E-state index in [9.17, 15) is 21.6 Å². The number of hydrogen-bond acceptors (Lipinski definition) is 3. The van der Waals surface area contributed by atoms with Crippen molar-refractivity contribution >= 4 is 23.4 Å². The lowest BCUT2D eigenvalue weighted by molar-refractivity contribution is -0.0515. The molecular weight excluding hydrogens is 369 g/mol. The summed E-state index contributed by atoms with van der Waals surface area (Å²) in [5.41, 5.74) is -5.44. The van der Waals surface area contributed by atoms with E-state index in [2.05, 4.69) is 24.2 Å².